The summed E-state index contributed by atoms with van der Waals surface area (Å²) in [4.78, 5) is 28.0. The monoisotopic (exact) mass is 380 g/mol. The minimum Gasteiger partial charge on any atom is -0.383 e. The van der Waals surface area contributed by atoms with E-state index < -0.39 is 0 Å². The maximum Gasteiger partial charge on any atom is 0.234 e. The van der Waals surface area contributed by atoms with E-state index in [4.69, 9.17) is 4.74 Å². The van der Waals surface area contributed by atoms with E-state index in [1.54, 1.807) is 19.2 Å². The van der Waals surface area contributed by atoms with Crippen LogP contribution in [-0.2, 0) is 20.7 Å². The number of halogens is 1. The summed E-state index contributed by atoms with van der Waals surface area (Å²) in [6.07, 6.45) is 0.679. The Morgan fingerprint density at radius 2 is 1.48 bits per heavy atom. The van der Waals surface area contributed by atoms with Gasteiger partial charge in [0.15, 0.2) is 0 Å². The Bertz CT molecular complexity index is 589. The lowest BCUT2D eigenvalue weighted by atomic mass is 10.1. The molecule has 0 bridgehead atoms. The molecule has 150 valence electrons. The number of carbonyl (C=O) groups is 2. The molecule has 0 spiro atoms. The van der Waals surface area contributed by atoms with Gasteiger partial charge >= 0.3 is 0 Å². The van der Waals surface area contributed by atoms with Crippen molar-refractivity contribution in [1.29, 1.82) is 0 Å². The molecule has 2 rings (SSSR count). The number of hydrogen-bond donors (Lipinski definition) is 2. The van der Waals surface area contributed by atoms with E-state index in [2.05, 4.69) is 20.4 Å². The highest BCUT2D eigenvalue weighted by Crippen LogP contribution is 2.03. The van der Waals surface area contributed by atoms with Crippen LogP contribution in [0.25, 0.3) is 0 Å². The van der Waals surface area contributed by atoms with Gasteiger partial charge in [0.05, 0.1) is 19.7 Å². The average molecular weight is 380 g/mol. The zero-order chi connectivity index (χ0) is 19.5. The van der Waals surface area contributed by atoms with Crippen LogP contribution in [0.5, 0.6) is 0 Å². The molecule has 7 nitrogen and oxygen atoms in total. The zero-order valence-electron chi connectivity index (χ0n) is 15.9. The molecule has 1 aliphatic rings. The van der Waals surface area contributed by atoms with Crippen LogP contribution < -0.4 is 10.6 Å². The minimum atomic E-state index is -0.255. The summed E-state index contributed by atoms with van der Waals surface area (Å²) in [7, 11) is 1.60. The summed E-state index contributed by atoms with van der Waals surface area (Å²) in [6.45, 7) is 5.35. The molecule has 8 heteroatoms. The van der Waals surface area contributed by atoms with Gasteiger partial charge in [-0.1, -0.05) is 12.1 Å². The summed E-state index contributed by atoms with van der Waals surface area (Å²) in [5, 5.41) is 5.71. The second-order valence-electron chi connectivity index (χ2n) is 6.62. The second kappa shape index (κ2) is 11.6. The van der Waals surface area contributed by atoms with E-state index in [9.17, 15) is 14.0 Å². The van der Waals surface area contributed by atoms with E-state index in [1.807, 2.05) is 0 Å². The summed E-state index contributed by atoms with van der Waals surface area (Å²) in [5.74, 6) is -0.267. The van der Waals surface area contributed by atoms with E-state index in [0.29, 0.717) is 39.2 Å². The number of methoxy groups -OCH3 is 1. The Labute approximate surface area is 159 Å². The number of ether oxygens (including phenoxy) is 1. The number of rotatable bonds is 10. The van der Waals surface area contributed by atoms with Gasteiger partial charge in [-0.3, -0.25) is 19.4 Å². The number of piperazine rings is 1. The first-order valence-corrected chi connectivity index (χ1v) is 9.28. The van der Waals surface area contributed by atoms with Gasteiger partial charge in [-0.25, -0.2) is 4.39 Å². The molecule has 1 aromatic rings. The first-order valence-electron chi connectivity index (χ1n) is 9.28. The van der Waals surface area contributed by atoms with Gasteiger partial charge < -0.3 is 15.4 Å². The predicted molar refractivity (Wildman–Crippen MR) is 101 cm³/mol. The normalized spacial score (nSPS) is 15.5. The number of benzene rings is 1. The van der Waals surface area contributed by atoms with Crippen molar-refractivity contribution in [3.63, 3.8) is 0 Å². The molecule has 1 heterocycles. The lowest BCUT2D eigenvalue weighted by molar-refractivity contribution is -0.125. The third-order valence-electron chi connectivity index (χ3n) is 4.48. The van der Waals surface area contributed by atoms with E-state index in [1.165, 1.54) is 12.1 Å². The first-order chi connectivity index (χ1) is 13.1. The van der Waals surface area contributed by atoms with Crippen molar-refractivity contribution >= 4 is 11.8 Å². The molecule has 0 unspecified atom stereocenters. The number of nitrogens with one attached hydrogen (secondary N) is 2. The molecular formula is C19H29FN4O3. The quantitative estimate of drug-likeness (QED) is 0.553. The first kappa shape index (κ1) is 21.3. The molecule has 0 aliphatic carbocycles. The van der Waals surface area contributed by atoms with Crippen LogP contribution in [0.3, 0.4) is 0 Å². The Morgan fingerprint density at radius 1 is 0.963 bits per heavy atom. The summed E-state index contributed by atoms with van der Waals surface area (Å²) < 4.78 is 17.8. The SMILES string of the molecule is COCCNC(=O)CN1CCN(CC(=O)NCCc2ccc(F)cc2)CC1. The molecule has 1 saturated heterocycles. The number of hydrogen-bond acceptors (Lipinski definition) is 5. The van der Waals surface area contributed by atoms with Crippen molar-refractivity contribution in [3.05, 3.63) is 35.6 Å². The third kappa shape index (κ3) is 8.47. The molecule has 0 radical (unpaired) electrons. The Morgan fingerprint density at radius 3 is 2.00 bits per heavy atom. The fourth-order valence-electron chi connectivity index (χ4n) is 2.91. The molecule has 1 fully saturated rings. The van der Waals surface area contributed by atoms with Gasteiger partial charge in [0, 0.05) is 46.4 Å². The number of nitrogens with zero attached hydrogens (tertiary/aromatic N) is 2. The highest BCUT2D eigenvalue weighted by atomic mass is 19.1. The van der Waals surface area contributed by atoms with E-state index >= 15 is 0 Å². The maximum absolute atomic E-state index is 12.9. The Balaban J connectivity index is 1.57. The topological polar surface area (TPSA) is 73.9 Å². The Kier molecular flexibility index (Phi) is 9.17. The van der Waals surface area contributed by atoms with Gasteiger partial charge in [-0.15, -0.1) is 0 Å². The second-order valence-corrected chi connectivity index (χ2v) is 6.62. The molecule has 2 N–H and O–H groups in total. The highest BCUT2D eigenvalue weighted by molar-refractivity contribution is 5.78. The van der Waals surface area contributed by atoms with E-state index in [-0.39, 0.29) is 17.6 Å². The van der Waals surface area contributed by atoms with Crippen molar-refractivity contribution in [3.8, 4) is 0 Å². The van der Waals surface area contributed by atoms with Gasteiger partial charge in [0.25, 0.3) is 0 Å². The summed E-state index contributed by atoms with van der Waals surface area (Å²) in [5.41, 5.74) is 0.995. The fraction of sp³-hybridized carbons (Fsp3) is 0.579. The van der Waals surface area contributed by atoms with Gasteiger partial charge in [-0.05, 0) is 24.1 Å². The molecule has 0 saturated carbocycles. The van der Waals surface area contributed by atoms with Crippen LogP contribution in [0.1, 0.15) is 5.56 Å². The van der Waals surface area contributed by atoms with E-state index in [0.717, 1.165) is 31.7 Å². The molecule has 27 heavy (non-hydrogen) atoms. The largest absolute Gasteiger partial charge is 0.383 e. The predicted octanol–water partition coefficient (Wildman–Crippen LogP) is -0.135. The van der Waals surface area contributed by atoms with Crippen LogP contribution in [0.2, 0.25) is 0 Å². The molecule has 0 atom stereocenters. The molecule has 1 aromatic carbocycles. The van der Waals surface area contributed by atoms with Crippen molar-refractivity contribution in [2.24, 2.45) is 0 Å². The molecule has 2 amide bonds. The average Bonchev–Trinajstić information content (AvgIpc) is 2.65. The fourth-order valence-corrected chi connectivity index (χ4v) is 2.91. The maximum atomic E-state index is 12.9. The van der Waals surface area contributed by atoms with Gasteiger partial charge in [-0.2, -0.15) is 0 Å². The lowest BCUT2D eigenvalue weighted by Crippen LogP contribution is -2.51. The van der Waals surface area contributed by atoms with Crippen LogP contribution in [-0.4, -0.2) is 87.7 Å². The van der Waals surface area contributed by atoms with Crippen molar-refractivity contribution < 1.29 is 18.7 Å². The van der Waals surface area contributed by atoms with Crippen LogP contribution in [0, 0.1) is 5.82 Å². The zero-order valence-corrected chi connectivity index (χ0v) is 15.9. The van der Waals surface area contributed by atoms with Gasteiger partial charge in [0.1, 0.15) is 5.82 Å². The third-order valence-corrected chi connectivity index (χ3v) is 4.48. The van der Waals surface area contributed by atoms with Gasteiger partial charge in [0.2, 0.25) is 11.8 Å². The van der Waals surface area contributed by atoms with Crippen LogP contribution in [0.4, 0.5) is 4.39 Å². The van der Waals surface area contributed by atoms with Crippen molar-refractivity contribution in [2.45, 2.75) is 6.42 Å². The molecule has 1 aliphatic heterocycles. The Hall–Kier alpha value is -2.03. The molecular weight excluding hydrogens is 351 g/mol. The van der Waals surface area contributed by atoms with Crippen LogP contribution in [0.15, 0.2) is 24.3 Å². The lowest BCUT2D eigenvalue weighted by Gasteiger charge is -2.33. The van der Waals surface area contributed by atoms with Crippen LogP contribution >= 0.6 is 0 Å². The highest BCUT2D eigenvalue weighted by Gasteiger charge is 2.20. The smallest absolute Gasteiger partial charge is 0.234 e. The summed E-state index contributed by atoms with van der Waals surface area (Å²) in [6, 6.07) is 6.31. The van der Waals surface area contributed by atoms with Crippen molar-refractivity contribution in [1.82, 2.24) is 20.4 Å². The standard InChI is InChI=1S/C19H29FN4O3/c1-27-13-8-22-19(26)15-24-11-9-23(10-12-24)14-18(25)21-7-6-16-2-4-17(20)5-3-16/h2-5H,6-15H2,1H3,(H,21,25)(H,22,26). The number of carbonyl (C=O) groups excluding carboxylic acids is 2. The summed E-state index contributed by atoms with van der Waals surface area (Å²) >= 11 is 0. The number of amides is 2. The minimum absolute atomic E-state index is 0.000892. The van der Waals surface area contributed by atoms with Crippen molar-refractivity contribution in [2.75, 3.05) is 66.1 Å². The molecule has 0 aromatic heterocycles.